The Morgan fingerprint density at radius 1 is 0.151 bits per heavy atom. The molecule has 0 aliphatic heterocycles. The molecule has 496 valence electrons. The number of hydrogen-bond donors (Lipinski definition) is 0. The molecule has 20 rings (SSSR count). The van der Waals surface area contributed by atoms with E-state index in [1.807, 2.05) is 60.7 Å². The molecule has 0 atom stereocenters. The minimum atomic E-state index is 0.620. The molecule has 0 radical (unpaired) electrons. The van der Waals surface area contributed by atoms with Gasteiger partial charge in [0, 0.05) is 54.9 Å². The van der Waals surface area contributed by atoms with Crippen LogP contribution in [0.25, 0.3) is 201 Å². The van der Waals surface area contributed by atoms with Crippen LogP contribution in [0.5, 0.6) is 0 Å². The van der Waals surface area contributed by atoms with Gasteiger partial charge in [-0.15, -0.1) is 0 Å². The Bertz CT molecular complexity index is 6520. The molecule has 8 nitrogen and oxygen atoms in total. The van der Waals surface area contributed by atoms with Crippen molar-refractivity contribution in [2.24, 2.45) is 0 Å². The first-order chi connectivity index (χ1) is 52.5. The van der Waals surface area contributed by atoms with Crippen molar-refractivity contribution in [2.45, 2.75) is 0 Å². The van der Waals surface area contributed by atoms with Gasteiger partial charge in [0.1, 0.15) is 22.3 Å². The van der Waals surface area contributed by atoms with E-state index < -0.39 is 0 Å². The van der Waals surface area contributed by atoms with Crippen molar-refractivity contribution in [3.05, 3.63) is 376 Å². The minimum Gasteiger partial charge on any atom is -0.456 e. The van der Waals surface area contributed by atoms with Crippen molar-refractivity contribution in [3.8, 4) is 135 Å². The quantitative estimate of drug-likeness (QED) is 0.119. The molecule has 4 aromatic heterocycles. The molecule has 106 heavy (non-hydrogen) atoms. The molecule has 0 spiro atoms. The van der Waals surface area contributed by atoms with Crippen LogP contribution in [0, 0.1) is 0 Å². The van der Waals surface area contributed by atoms with E-state index in [0.29, 0.717) is 34.9 Å². The highest BCUT2D eigenvalue weighted by Gasteiger charge is 2.20. The first kappa shape index (κ1) is 62.6. The number of furan rings is 2. The van der Waals surface area contributed by atoms with Gasteiger partial charge in [-0.05, 0) is 125 Å². The van der Waals surface area contributed by atoms with Crippen molar-refractivity contribution in [1.29, 1.82) is 0 Å². The Hall–Kier alpha value is -14.3. The van der Waals surface area contributed by atoms with E-state index in [2.05, 4.69) is 315 Å². The van der Waals surface area contributed by atoms with E-state index in [4.69, 9.17) is 38.7 Å². The van der Waals surface area contributed by atoms with Gasteiger partial charge in [0.05, 0.1) is 0 Å². The van der Waals surface area contributed by atoms with Gasteiger partial charge in [0.25, 0.3) is 0 Å². The average Bonchev–Trinajstić information content (AvgIpc) is 1.59. The average molecular weight is 1360 g/mol. The van der Waals surface area contributed by atoms with E-state index in [1.54, 1.807) is 0 Å². The molecule has 16 aromatic carbocycles. The maximum atomic E-state index is 6.36. The molecule has 0 aliphatic rings. The molecular weight excluding hydrogens is 1290 g/mol. The normalized spacial score (nSPS) is 11.4. The molecule has 0 N–H and O–H groups in total. The van der Waals surface area contributed by atoms with Gasteiger partial charge in [-0.2, -0.15) is 0 Å². The van der Waals surface area contributed by atoms with Crippen LogP contribution in [0.15, 0.2) is 385 Å². The topological polar surface area (TPSA) is 104 Å². The highest BCUT2D eigenvalue weighted by atomic mass is 16.3. The molecule has 4 heterocycles. The van der Waals surface area contributed by atoms with Gasteiger partial charge in [-0.3, -0.25) is 0 Å². The molecule has 0 fully saturated rings. The third-order valence-corrected chi connectivity index (χ3v) is 19.9. The summed E-state index contributed by atoms with van der Waals surface area (Å²) in [6.07, 6.45) is 0. The second kappa shape index (κ2) is 27.2. The Kier molecular flexibility index (Phi) is 16.1. The number of aromatic nitrogens is 6. The summed E-state index contributed by atoms with van der Waals surface area (Å²) in [6, 6.07) is 130. The molecule has 0 amide bonds. The van der Waals surface area contributed by atoms with Crippen LogP contribution in [0.3, 0.4) is 0 Å². The van der Waals surface area contributed by atoms with Crippen LogP contribution in [0.2, 0.25) is 0 Å². The lowest BCUT2D eigenvalue weighted by atomic mass is 9.94. The van der Waals surface area contributed by atoms with Crippen LogP contribution < -0.4 is 0 Å². The third-order valence-electron chi connectivity index (χ3n) is 19.9. The number of fused-ring (bicyclic) bond motifs is 8. The second-order valence-electron chi connectivity index (χ2n) is 26.5. The number of benzene rings is 16. The Morgan fingerprint density at radius 3 is 0.698 bits per heavy atom. The molecule has 0 saturated heterocycles. The number of hydrogen-bond acceptors (Lipinski definition) is 8. The fourth-order valence-electron chi connectivity index (χ4n) is 14.5. The zero-order valence-corrected chi connectivity index (χ0v) is 57.3. The Balaban J connectivity index is 0.000000145. The summed E-state index contributed by atoms with van der Waals surface area (Å²) in [7, 11) is 0. The zero-order valence-electron chi connectivity index (χ0n) is 57.3. The summed E-state index contributed by atoms with van der Waals surface area (Å²) in [5.41, 5.74) is 22.8. The highest BCUT2D eigenvalue weighted by Crippen LogP contribution is 2.42. The smallest absolute Gasteiger partial charge is 0.164 e. The van der Waals surface area contributed by atoms with Crippen LogP contribution >= 0.6 is 0 Å². The van der Waals surface area contributed by atoms with Crippen molar-refractivity contribution in [1.82, 2.24) is 29.9 Å². The van der Waals surface area contributed by atoms with Crippen LogP contribution in [0.1, 0.15) is 0 Å². The summed E-state index contributed by atoms with van der Waals surface area (Å²) in [5, 5.41) is 9.18. The fourth-order valence-corrected chi connectivity index (χ4v) is 14.5. The van der Waals surface area contributed by atoms with Crippen LogP contribution in [0.4, 0.5) is 0 Å². The molecular formula is C98H62N6O2. The standard InChI is InChI=1S/2C49H31N3O/c1-3-12-32(13-4-1)40-18-9-10-19-41(40)33-22-26-36(27-23-33)48-50-47(35-14-5-2-6-15-35)51-49(52-48)37-28-24-34(25-29-37)42-20-11-21-44-46(42)43-30-38-16-7-8-17-39(38)31-45(43)53-44;1-3-10-32(11-4-1)34-18-24-37(25-19-34)47-50-48(38-26-20-35(21-27-38)33-12-5-2-6-13-33)52-49(51-47)39-28-22-36(23-29-39)42-16-9-17-44-46(42)43-30-40-14-7-8-15-41(40)31-45(43)53-44/h2*1-31H. The van der Waals surface area contributed by atoms with E-state index >= 15 is 0 Å². The molecule has 20 aromatic rings. The lowest BCUT2D eigenvalue weighted by Crippen LogP contribution is -2.00. The van der Waals surface area contributed by atoms with Crippen LogP contribution in [-0.4, -0.2) is 29.9 Å². The summed E-state index contributed by atoms with van der Waals surface area (Å²) < 4.78 is 12.7. The summed E-state index contributed by atoms with van der Waals surface area (Å²) in [5.74, 6) is 3.76. The maximum Gasteiger partial charge on any atom is 0.164 e. The first-order valence-corrected chi connectivity index (χ1v) is 35.5. The number of rotatable bonds is 12. The highest BCUT2D eigenvalue weighted by molar-refractivity contribution is 6.17. The van der Waals surface area contributed by atoms with E-state index in [0.717, 1.165) is 116 Å². The van der Waals surface area contributed by atoms with E-state index in [9.17, 15) is 0 Å². The number of nitrogens with zero attached hydrogens (tertiary/aromatic N) is 6. The summed E-state index contributed by atoms with van der Waals surface area (Å²) >= 11 is 0. The molecule has 0 bridgehead atoms. The second-order valence-corrected chi connectivity index (χ2v) is 26.5. The molecule has 8 heteroatoms. The van der Waals surface area contributed by atoms with Gasteiger partial charge in [0.2, 0.25) is 0 Å². The predicted octanol–water partition coefficient (Wildman–Crippen LogP) is 25.9. The largest absolute Gasteiger partial charge is 0.456 e. The minimum absolute atomic E-state index is 0.620. The molecule has 0 unspecified atom stereocenters. The van der Waals surface area contributed by atoms with E-state index in [-0.39, 0.29) is 0 Å². The lowest BCUT2D eigenvalue weighted by molar-refractivity contribution is 0.669. The van der Waals surface area contributed by atoms with Gasteiger partial charge in [-0.1, -0.05) is 340 Å². The summed E-state index contributed by atoms with van der Waals surface area (Å²) in [6.45, 7) is 0. The SMILES string of the molecule is c1ccc(-c2ccc(-c3nc(-c4ccc(-c5ccccc5)cc4)nc(-c4ccc(-c5cccc6oc7cc8ccccc8cc7c56)cc4)n3)cc2)cc1.c1ccc(-c2nc(-c3ccc(-c4ccccc4-c4ccccc4)cc3)nc(-c3ccc(-c4cccc5oc6cc7ccccc7cc6c45)cc3)n2)cc1. The van der Waals surface area contributed by atoms with Crippen molar-refractivity contribution in [2.75, 3.05) is 0 Å². The molecule has 0 aliphatic carbocycles. The Labute approximate surface area is 611 Å². The van der Waals surface area contributed by atoms with Gasteiger partial charge in [-0.25, -0.2) is 29.9 Å². The predicted molar refractivity (Wildman–Crippen MR) is 434 cm³/mol. The van der Waals surface area contributed by atoms with Crippen LogP contribution in [-0.2, 0) is 0 Å². The fraction of sp³-hybridized carbons (Fsp3) is 0. The lowest BCUT2D eigenvalue weighted by Gasteiger charge is -2.12. The van der Waals surface area contributed by atoms with Gasteiger partial charge < -0.3 is 8.83 Å². The van der Waals surface area contributed by atoms with E-state index in [1.165, 1.54) is 49.4 Å². The van der Waals surface area contributed by atoms with Gasteiger partial charge >= 0.3 is 0 Å². The third kappa shape index (κ3) is 12.2. The van der Waals surface area contributed by atoms with Crippen molar-refractivity contribution < 1.29 is 8.83 Å². The zero-order chi connectivity index (χ0) is 70.3. The summed E-state index contributed by atoms with van der Waals surface area (Å²) in [4.78, 5) is 30.1. The molecule has 0 saturated carbocycles. The Morgan fingerprint density at radius 2 is 0.368 bits per heavy atom. The first-order valence-electron chi connectivity index (χ1n) is 35.5. The monoisotopic (exact) mass is 1350 g/mol. The van der Waals surface area contributed by atoms with Crippen molar-refractivity contribution in [3.63, 3.8) is 0 Å². The van der Waals surface area contributed by atoms with Crippen molar-refractivity contribution >= 4 is 65.4 Å². The maximum absolute atomic E-state index is 6.36. The van der Waals surface area contributed by atoms with Gasteiger partial charge in [0.15, 0.2) is 34.9 Å².